The predicted molar refractivity (Wildman–Crippen MR) is 109 cm³/mol. The molecular weight excluding hydrogens is 358 g/mol. The molecule has 1 aliphatic rings. The second kappa shape index (κ2) is 10.7. The Bertz CT molecular complexity index is 570. The molecule has 0 aliphatic carbocycles. The maximum atomic E-state index is 6.27. The summed E-state index contributed by atoms with van der Waals surface area (Å²) in [6.07, 6.45) is 2.17. The van der Waals surface area contributed by atoms with Crippen LogP contribution in [-0.4, -0.2) is 30.3 Å². The van der Waals surface area contributed by atoms with Crippen molar-refractivity contribution in [2.24, 2.45) is 0 Å². The van der Waals surface area contributed by atoms with Crippen molar-refractivity contribution in [2.75, 3.05) is 25.4 Å². The quantitative estimate of drug-likeness (QED) is 0.624. The molecule has 5 heteroatoms. The number of ether oxygens (including phenoxy) is 1. The van der Waals surface area contributed by atoms with Gasteiger partial charge in [0.05, 0.1) is 6.61 Å². The SMILES string of the molecule is C1=CN(CCOC(c2ccccc2)c2ccccc2)CCSS1.Cl. The Hall–Kier alpha value is -1.07. The van der Waals surface area contributed by atoms with Crippen LogP contribution in [0.3, 0.4) is 0 Å². The van der Waals surface area contributed by atoms with Crippen molar-refractivity contribution in [3.8, 4) is 0 Å². The summed E-state index contributed by atoms with van der Waals surface area (Å²) < 4.78 is 6.27. The second-order valence-corrected chi connectivity index (χ2v) is 7.70. The molecule has 24 heavy (non-hydrogen) atoms. The molecule has 1 heterocycles. The van der Waals surface area contributed by atoms with Crippen molar-refractivity contribution in [1.82, 2.24) is 4.90 Å². The van der Waals surface area contributed by atoms with E-state index in [4.69, 9.17) is 4.74 Å². The van der Waals surface area contributed by atoms with Gasteiger partial charge in [-0.2, -0.15) is 0 Å². The molecule has 2 aromatic rings. The van der Waals surface area contributed by atoms with Crippen LogP contribution in [0.25, 0.3) is 0 Å². The predicted octanol–water partition coefficient (Wildman–Crippen LogP) is 5.38. The molecule has 3 rings (SSSR count). The molecule has 0 saturated carbocycles. The van der Waals surface area contributed by atoms with Crippen molar-refractivity contribution in [3.05, 3.63) is 83.4 Å². The van der Waals surface area contributed by atoms with Gasteiger partial charge >= 0.3 is 0 Å². The van der Waals surface area contributed by atoms with Gasteiger partial charge < -0.3 is 9.64 Å². The molecule has 2 nitrogen and oxygen atoms in total. The third-order valence-corrected chi connectivity index (χ3v) is 5.68. The zero-order valence-corrected chi connectivity index (χ0v) is 15.9. The van der Waals surface area contributed by atoms with Gasteiger partial charge in [0.2, 0.25) is 0 Å². The van der Waals surface area contributed by atoms with Crippen molar-refractivity contribution in [3.63, 3.8) is 0 Å². The van der Waals surface area contributed by atoms with Gasteiger partial charge in [-0.1, -0.05) is 82.3 Å². The Morgan fingerprint density at radius 3 is 2.21 bits per heavy atom. The number of hydrogen-bond donors (Lipinski definition) is 0. The fourth-order valence-electron chi connectivity index (χ4n) is 2.54. The van der Waals surface area contributed by atoms with Gasteiger partial charge in [0.15, 0.2) is 0 Å². The lowest BCUT2D eigenvalue weighted by atomic mass is 10.0. The molecule has 0 aromatic heterocycles. The van der Waals surface area contributed by atoms with Crippen molar-refractivity contribution in [1.29, 1.82) is 0 Å². The largest absolute Gasteiger partial charge is 0.374 e. The number of nitrogens with zero attached hydrogens (tertiary/aromatic N) is 1. The van der Waals surface area contributed by atoms with Crippen LogP contribution in [0.4, 0.5) is 0 Å². The minimum atomic E-state index is -0.00268. The molecule has 0 fully saturated rings. The average Bonchev–Trinajstić information content (AvgIpc) is 2.89. The van der Waals surface area contributed by atoms with Gasteiger partial charge in [-0.15, -0.1) is 12.4 Å². The molecule has 0 bridgehead atoms. The Kier molecular flexibility index (Phi) is 8.60. The Morgan fingerprint density at radius 1 is 0.958 bits per heavy atom. The summed E-state index contributed by atoms with van der Waals surface area (Å²) >= 11 is 0. The first-order chi connectivity index (χ1) is 11.4. The molecule has 0 radical (unpaired) electrons. The summed E-state index contributed by atoms with van der Waals surface area (Å²) in [5.74, 6) is 1.15. The number of halogens is 1. The molecule has 0 atom stereocenters. The Labute approximate surface area is 158 Å². The van der Waals surface area contributed by atoms with E-state index in [1.165, 1.54) is 11.1 Å². The smallest absolute Gasteiger partial charge is 0.108 e. The third-order valence-electron chi connectivity index (χ3n) is 3.72. The molecule has 2 aromatic carbocycles. The lowest BCUT2D eigenvalue weighted by Crippen LogP contribution is -2.25. The Balaban J connectivity index is 0.00000208. The Morgan fingerprint density at radius 2 is 1.58 bits per heavy atom. The van der Waals surface area contributed by atoms with E-state index in [1.807, 2.05) is 22.9 Å². The highest BCUT2D eigenvalue weighted by Crippen LogP contribution is 2.27. The van der Waals surface area contributed by atoms with Crippen molar-refractivity contribution < 1.29 is 4.74 Å². The maximum absolute atomic E-state index is 6.27. The minimum Gasteiger partial charge on any atom is -0.374 e. The lowest BCUT2D eigenvalue weighted by molar-refractivity contribution is 0.0689. The van der Waals surface area contributed by atoms with E-state index >= 15 is 0 Å². The number of benzene rings is 2. The fraction of sp³-hybridized carbons (Fsp3) is 0.263. The summed E-state index contributed by atoms with van der Waals surface area (Å²) in [5.41, 5.74) is 2.41. The second-order valence-electron chi connectivity index (χ2n) is 5.31. The molecule has 0 spiro atoms. The number of hydrogen-bond acceptors (Lipinski definition) is 4. The third kappa shape index (κ3) is 5.78. The van der Waals surface area contributed by atoms with Crippen LogP contribution in [0, 0.1) is 0 Å². The summed E-state index contributed by atoms with van der Waals surface area (Å²) in [6.45, 7) is 2.72. The van der Waals surface area contributed by atoms with Gasteiger partial charge in [-0.25, -0.2) is 0 Å². The lowest BCUT2D eigenvalue weighted by Gasteiger charge is -2.22. The first-order valence-electron chi connectivity index (χ1n) is 7.84. The van der Waals surface area contributed by atoms with E-state index in [9.17, 15) is 0 Å². The van der Waals surface area contributed by atoms with Gasteiger partial charge in [0.1, 0.15) is 6.10 Å². The van der Waals surface area contributed by atoms with E-state index in [1.54, 1.807) is 10.8 Å². The molecule has 0 N–H and O–H groups in total. The summed E-state index contributed by atoms with van der Waals surface area (Å²) in [7, 11) is 3.71. The molecule has 0 unspecified atom stereocenters. The highest BCUT2D eigenvalue weighted by atomic mass is 35.5. The molecule has 0 saturated heterocycles. The molecular formula is C19H22ClNOS2. The van der Waals surface area contributed by atoms with Crippen molar-refractivity contribution >= 4 is 34.0 Å². The number of rotatable bonds is 6. The normalized spacial score (nSPS) is 14.3. The van der Waals surface area contributed by atoms with Crippen LogP contribution in [0.15, 0.2) is 72.3 Å². The van der Waals surface area contributed by atoms with E-state index in [0.717, 1.165) is 18.8 Å². The molecule has 128 valence electrons. The zero-order valence-electron chi connectivity index (χ0n) is 13.4. The van der Waals surface area contributed by atoms with Crippen LogP contribution >= 0.6 is 34.0 Å². The average molecular weight is 380 g/mol. The van der Waals surface area contributed by atoms with E-state index in [-0.39, 0.29) is 18.5 Å². The van der Waals surface area contributed by atoms with Gasteiger partial charge in [-0.05, 0) is 16.5 Å². The summed E-state index contributed by atoms with van der Waals surface area (Å²) in [4.78, 5) is 2.33. The van der Waals surface area contributed by atoms with E-state index in [0.29, 0.717) is 6.61 Å². The summed E-state index contributed by atoms with van der Waals surface area (Å²) in [5, 5.41) is 2.16. The van der Waals surface area contributed by atoms with Crippen molar-refractivity contribution in [2.45, 2.75) is 6.10 Å². The molecule has 1 aliphatic heterocycles. The monoisotopic (exact) mass is 379 g/mol. The minimum absolute atomic E-state index is 0. The summed E-state index contributed by atoms with van der Waals surface area (Å²) in [6, 6.07) is 20.9. The first kappa shape index (κ1) is 19.3. The van der Waals surface area contributed by atoms with E-state index < -0.39 is 0 Å². The zero-order chi connectivity index (χ0) is 15.7. The van der Waals surface area contributed by atoms with Gasteiger partial charge in [0.25, 0.3) is 0 Å². The topological polar surface area (TPSA) is 12.5 Å². The van der Waals surface area contributed by atoms with E-state index in [2.05, 4.69) is 65.0 Å². The highest BCUT2D eigenvalue weighted by molar-refractivity contribution is 8.77. The standard InChI is InChI=1S/C19H21NOS2.ClH/c1-3-7-17(8-4-1)19(18-9-5-2-6-10-18)21-14-11-20-12-15-22-23-16-13-20;/h1-10,12,15,19H,11,13-14,16H2;1H. The highest BCUT2D eigenvalue weighted by Gasteiger charge is 2.14. The van der Waals surface area contributed by atoms with Crippen LogP contribution in [0.1, 0.15) is 17.2 Å². The van der Waals surface area contributed by atoms with Crippen LogP contribution in [0.2, 0.25) is 0 Å². The molecule has 0 amide bonds. The maximum Gasteiger partial charge on any atom is 0.108 e. The van der Waals surface area contributed by atoms with Crippen LogP contribution in [-0.2, 0) is 4.74 Å². The van der Waals surface area contributed by atoms with Crippen LogP contribution < -0.4 is 0 Å². The first-order valence-corrected chi connectivity index (χ1v) is 10.2. The fourth-order valence-corrected chi connectivity index (χ4v) is 4.14. The van der Waals surface area contributed by atoms with Gasteiger partial charge in [-0.3, -0.25) is 0 Å². The van der Waals surface area contributed by atoms with Crippen LogP contribution in [0.5, 0.6) is 0 Å². The van der Waals surface area contributed by atoms with Gasteiger partial charge in [0, 0.05) is 25.0 Å².